The van der Waals surface area contributed by atoms with Crippen LogP contribution in [-0.2, 0) is 11.3 Å². The smallest absolute Gasteiger partial charge is 0.226 e. The molecule has 0 aliphatic rings. The Balaban J connectivity index is 0.00000392. The molecule has 0 aliphatic heterocycles. The summed E-state index contributed by atoms with van der Waals surface area (Å²) in [6, 6.07) is 13.6. The van der Waals surface area contributed by atoms with Crippen LogP contribution >= 0.6 is 39.9 Å². The molecule has 0 spiro atoms. The molecule has 0 heterocycles. The fourth-order valence-corrected chi connectivity index (χ4v) is 2.94. The highest BCUT2D eigenvalue weighted by atomic mass is 127. The van der Waals surface area contributed by atoms with Crippen molar-refractivity contribution in [3.05, 3.63) is 58.1 Å². The van der Waals surface area contributed by atoms with Crippen LogP contribution in [0.4, 0.5) is 5.69 Å². The Bertz CT molecular complexity index is 815. The topological polar surface area (TPSA) is 74.8 Å². The fourth-order valence-electron chi connectivity index (χ4n) is 2.46. The van der Waals surface area contributed by atoms with E-state index in [0.29, 0.717) is 25.5 Å². The van der Waals surface area contributed by atoms with Crippen LogP contribution in [0.3, 0.4) is 0 Å². The average Bonchev–Trinajstić information content (AvgIpc) is 2.67. The second-order valence-corrected chi connectivity index (χ2v) is 6.88. The number of guanidine groups is 1. The zero-order valence-corrected chi connectivity index (χ0v) is 20.1. The molecule has 0 atom stereocenters. The molecule has 0 fully saturated rings. The van der Waals surface area contributed by atoms with E-state index in [-0.39, 0.29) is 29.9 Å². The summed E-state index contributed by atoms with van der Waals surface area (Å²) in [5.74, 6) is 1.42. The number of ether oxygens (including phenoxy) is 1. The van der Waals surface area contributed by atoms with Gasteiger partial charge in [-0.1, -0.05) is 28.1 Å². The molecule has 2 rings (SSSR count). The third kappa shape index (κ3) is 8.05. The number of rotatable bonds is 7. The van der Waals surface area contributed by atoms with E-state index >= 15 is 0 Å². The quantitative estimate of drug-likeness (QED) is 0.271. The first-order chi connectivity index (χ1) is 13.0. The van der Waals surface area contributed by atoms with Crippen molar-refractivity contribution in [2.45, 2.75) is 19.9 Å². The first-order valence-corrected chi connectivity index (χ1v) is 9.44. The van der Waals surface area contributed by atoms with Crippen LogP contribution in [0, 0.1) is 6.92 Å². The van der Waals surface area contributed by atoms with Gasteiger partial charge in [-0.15, -0.1) is 24.0 Å². The number of hydrogen-bond acceptors (Lipinski definition) is 3. The molecule has 3 N–H and O–H groups in total. The lowest BCUT2D eigenvalue weighted by Gasteiger charge is -2.13. The summed E-state index contributed by atoms with van der Waals surface area (Å²) in [4.78, 5) is 16.3. The lowest BCUT2D eigenvalue weighted by atomic mass is 10.2. The van der Waals surface area contributed by atoms with Crippen molar-refractivity contribution in [3.8, 4) is 5.75 Å². The van der Waals surface area contributed by atoms with E-state index in [1.165, 1.54) is 0 Å². The Labute approximate surface area is 191 Å². The highest BCUT2D eigenvalue weighted by Gasteiger charge is 2.06. The average molecular weight is 561 g/mol. The van der Waals surface area contributed by atoms with Crippen LogP contribution < -0.4 is 20.7 Å². The third-order valence-electron chi connectivity index (χ3n) is 3.92. The van der Waals surface area contributed by atoms with E-state index in [0.717, 1.165) is 27.0 Å². The molecular weight excluding hydrogens is 535 g/mol. The molecule has 1 amide bonds. The second-order valence-electron chi connectivity index (χ2n) is 5.96. The molecule has 0 saturated carbocycles. The normalized spacial score (nSPS) is 10.6. The lowest BCUT2D eigenvalue weighted by molar-refractivity contribution is -0.116. The Morgan fingerprint density at radius 2 is 1.96 bits per heavy atom. The van der Waals surface area contributed by atoms with Crippen molar-refractivity contribution in [1.82, 2.24) is 10.6 Å². The molecule has 0 aromatic heterocycles. The van der Waals surface area contributed by atoms with Crippen molar-refractivity contribution in [1.29, 1.82) is 0 Å². The van der Waals surface area contributed by atoms with Crippen LogP contribution in [-0.4, -0.2) is 32.6 Å². The molecular formula is C20H26BrIN4O2. The van der Waals surface area contributed by atoms with Gasteiger partial charge in [-0.25, -0.2) is 0 Å². The van der Waals surface area contributed by atoms with Crippen LogP contribution in [0.25, 0.3) is 0 Å². The first-order valence-electron chi connectivity index (χ1n) is 8.65. The number of benzene rings is 2. The monoisotopic (exact) mass is 560 g/mol. The van der Waals surface area contributed by atoms with Gasteiger partial charge in [0, 0.05) is 36.7 Å². The molecule has 2 aromatic rings. The Kier molecular flexibility index (Phi) is 10.9. The number of amides is 1. The van der Waals surface area contributed by atoms with Crippen molar-refractivity contribution >= 4 is 57.5 Å². The van der Waals surface area contributed by atoms with E-state index in [9.17, 15) is 4.79 Å². The fraction of sp³-hybridized carbons (Fsp3) is 0.300. The van der Waals surface area contributed by atoms with Gasteiger partial charge in [-0.05, 0) is 48.4 Å². The molecule has 2 aromatic carbocycles. The number of nitrogens with zero attached hydrogens (tertiary/aromatic N) is 1. The SMILES string of the molecule is CN=C(NCCC(=O)Nc1ccc(Br)cc1C)NCc1cccc(OC)c1.I. The Morgan fingerprint density at radius 3 is 2.64 bits per heavy atom. The van der Waals surface area contributed by atoms with Gasteiger partial charge in [0.05, 0.1) is 7.11 Å². The summed E-state index contributed by atoms with van der Waals surface area (Å²) in [5.41, 5.74) is 2.92. The molecule has 0 saturated heterocycles. The molecule has 0 unspecified atom stereocenters. The lowest BCUT2D eigenvalue weighted by Crippen LogP contribution is -2.38. The highest BCUT2D eigenvalue weighted by Crippen LogP contribution is 2.20. The van der Waals surface area contributed by atoms with Crippen LogP contribution in [0.15, 0.2) is 51.9 Å². The number of aryl methyl sites for hydroxylation is 1. The van der Waals surface area contributed by atoms with Gasteiger partial charge in [0.15, 0.2) is 5.96 Å². The van der Waals surface area contributed by atoms with Crippen LogP contribution in [0.1, 0.15) is 17.5 Å². The minimum Gasteiger partial charge on any atom is -0.497 e. The maximum Gasteiger partial charge on any atom is 0.226 e. The standard InChI is InChI=1S/C20H25BrN4O2.HI/c1-14-11-16(21)7-8-18(14)25-19(26)9-10-23-20(22-2)24-13-15-5-4-6-17(12-15)27-3;/h4-8,11-12H,9-10,13H2,1-3H3,(H,25,26)(H2,22,23,24);1H. The number of carbonyl (C=O) groups is 1. The van der Waals surface area contributed by atoms with E-state index in [1.54, 1.807) is 14.2 Å². The largest absolute Gasteiger partial charge is 0.497 e. The summed E-state index contributed by atoms with van der Waals surface area (Å²) in [7, 11) is 3.35. The van der Waals surface area contributed by atoms with Gasteiger partial charge in [-0.3, -0.25) is 9.79 Å². The van der Waals surface area contributed by atoms with Gasteiger partial charge >= 0.3 is 0 Å². The molecule has 8 heteroatoms. The Hall–Kier alpha value is -1.81. The summed E-state index contributed by atoms with van der Waals surface area (Å²) >= 11 is 3.42. The third-order valence-corrected chi connectivity index (χ3v) is 4.42. The van der Waals surface area contributed by atoms with Gasteiger partial charge in [0.25, 0.3) is 0 Å². The zero-order valence-electron chi connectivity index (χ0n) is 16.2. The van der Waals surface area contributed by atoms with Crippen LogP contribution in [0.2, 0.25) is 0 Å². The minimum atomic E-state index is -0.0452. The highest BCUT2D eigenvalue weighted by molar-refractivity contribution is 14.0. The van der Waals surface area contributed by atoms with E-state index in [1.807, 2.05) is 49.4 Å². The van der Waals surface area contributed by atoms with Gasteiger partial charge < -0.3 is 20.7 Å². The predicted molar refractivity (Wildman–Crippen MR) is 129 cm³/mol. The summed E-state index contributed by atoms with van der Waals surface area (Å²) < 4.78 is 6.21. The number of halogens is 2. The first kappa shape index (κ1) is 24.2. The number of hydrogen-bond donors (Lipinski definition) is 3. The molecule has 28 heavy (non-hydrogen) atoms. The minimum absolute atomic E-state index is 0. The summed E-state index contributed by atoms with van der Waals surface area (Å²) in [5, 5.41) is 9.30. The summed E-state index contributed by atoms with van der Waals surface area (Å²) in [6.07, 6.45) is 0.343. The number of aliphatic imine (C=N–C) groups is 1. The zero-order chi connectivity index (χ0) is 19.6. The van der Waals surface area contributed by atoms with Gasteiger partial charge in [0.2, 0.25) is 5.91 Å². The van der Waals surface area contributed by atoms with E-state index in [2.05, 4.69) is 36.9 Å². The number of anilines is 1. The molecule has 152 valence electrons. The maximum absolute atomic E-state index is 12.1. The molecule has 0 bridgehead atoms. The van der Waals surface area contributed by atoms with Crippen molar-refractivity contribution in [3.63, 3.8) is 0 Å². The molecule has 6 nitrogen and oxygen atoms in total. The maximum atomic E-state index is 12.1. The number of carbonyl (C=O) groups excluding carboxylic acids is 1. The van der Waals surface area contributed by atoms with Crippen molar-refractivity contribution in [2.24, 2.45) is 4.99 Å². The predicted octanol–water partition coefficient (Wildman–Crippen LogP) is 4.08. The van der Waals surface area contributed by atoms with Crippen molar-refractivity contribution in [2.75, 3.05) is 26.0 Å². The second kappa shape index (κ2) is 12.6. The van der Waals surface area contributed by atoms with E-state index in [4.69, 9.17) is 4.74 Å². The van der Waals surface area contributed by atoms with Gasteiger partial charge in [0.1, 0.15) is 5.75 Å². The Morgan fingerprint density at radius 1 is 1.18 bits per heavy atom. The number of nitrogens with one attached hydrogen (secondary N) is 3. The van der Waals surface area contributed by atoms with E-state index < -0.39 is 0 Å². The molecule has 0 aliphatic carbocycles. The number of methoxy groups -OCH3 is 1. The summed E-state index contributed by atoms with van der Waals surface area (Å²) in [6.45, 7) is 3.06. The van der Waals surface area contributed by atoms with Gasteiger partial charge in [-0.2, -0.15) is 0 Å². The van der Waals surface area contributed by atoms with Crippen LogP contribution in [0.5, 0.6) is 5.75 Å². The van der Waals surface area contributed by atoms with Crippen molar-refractivity contribution < 1.29 is 9.53 Å². The molecule has 0 radical (unpaired) electrons.